The van der Waals surface area contributed by atoms with Crippen molar-refractivity contribution in [2.75, 3.05) is 20.2 Å². The van der Waals surface area contributed by atoms with E-state index < -0.39 is 0 Å². The Kier molecular flexibility index (Phi) is 6.59. The maximum atomic E-state index is 12.9. The van der Waals surface area contributed by atoms with Crippen LogP contribution in [0.4, 0.5) is 0 Å². The number of aromatic amines is 1. The summed E-state index contributed by atoms with van der Waals surface area (Å²) in [4.78, 5) is 24.1. The number of hydrogen-bond acceptors (Lipinski definition) is 4. The van der Waals surface area contributed by atoms with E-state index >= 15 is 0 Å². The quantitative estimate of drug-likeness (QED) is 0.801. The minimum atomic E-state index is -0.177. The van der Waals surface area contributed by atoms with Crippen LogP contribution in [-0.2, 0) is 11.3 Å². The van der Waals surface area contributed by atoms with E-state index in [0.717, 1.165) is 11.4 Å². The molecule has 0 spiro atoms. The van der Waals surface area contributed by atoms with E-state index in [9.17, 15) is 9.90 Å². The minimum absolute atomic E-state index is 0.0327. The Labute approximate surface area is 138 Å². The molecule has 6 nitrogen and oxygen atoms in total. The predicted molar refractivity (Wildman–Crippen MR) is 89.9 cm³/mol. The molecule has 2 rings (SSSR count). The SMILES string of the molecule is Cc1[nH]cnc1CN(CCO)C(=O)C(C)N(C)C1CCCCC1. The summed E-state index contributed by atoms with van der Waals surface area (Å²) in [5.74, 6) is 0.0644. The number of aliphatic hydroxyl groups is 1. The Balaban J connectivity index is 2.02. The number of aromatic nitrogens is 2. The van der Waals surface area contributed by atoms with Crippen LogP contribution < -0.4 is 0 Å². The third-order valence-electron chi connectivity index (χ3n) is 5.08. The Morgan fingerprint density at radius 3 is 2.70 bits per heavy atom. The first kappa shape index (κ1) is 17.9. The van der Waals surface area contributed by atoms with Gasteiger partial charge in [-0.3, -0.25) is 9.69 Å². The summed E-state index contributed by atoms with van der Waals surface area (Å²) in [5, 5.41) is 9.32. The molecule has 1 aromatic heterocycles. The summed E-state index contributed by atoms with van der Waals surface area (Å²) in [6.07, 6.45) is 7.80. The van der Waals surface area contributed by atoms with E-state index in [4.69, 9.17) is 0 Å². The molecule has 130 valence electrons. The molecule has 0 aliphatic heterocycles. The molecule has 0 radical (unpaired) electrons. The summed E-state index contributed by atoms with van der Waals surface area (Å²) >= 11 is 0. The zero-order chi connectivity index (χ0) is 16.8. The van der Waals surface area contributed by atoms with Gasteiger partial charge >= 0.3 is 0 Å². The molecule has 1 unspecified atom stereocenters. The van der Waals surface area contributed by atoms with Gasteiger partial charge in [0.25, 0.3) is 0 Å². The lowest BCUT2D eigenvalue weighted by molar-refractivity contribution is -0.138. The van der Waals surface area contributed by atoms with Crippen LogP contribution in [0, 0.1) is 6.92 Å². The molecule has 1 atom stereocenters. The standard InChI is InChI=1S/C17H30N4O2/c1-13-16(19-12-18-13)11-21(9-10-22)17(23)14(2)20(3)15-7-5-4-6-8-15/h12,14-15,22H,4-11H2,1-3H3,(H,18,19). The molecular formula is C17H30N4O2. The second kappa shape index (κ2) is 8.45. The highest BCUT2D eigenvalue weighted by Gasteiger charge is 2.29. The molecule has 0 aromatic carbocycles. The van der Waals surface area contributed by atoms with Gasteiger partial charge in [0, 0.05) is 18.3 Å². The highest BCUT2D eigenvalue weighted by molar-refractivity contribution is 5.81. The fourth-order valence-electron chi connectivity index (χ4n) is 3.36. The maximum Gasteiger partial charge on any atom is 0.240 e. The molecule has 6 heteroatoms. The number of H-pyrrole nitrogens is 1. The van der Waals surface area contributed by atoms with Gasteiger partial charge < -0.3 is 15.0 Å². The van der Waals surface area contributed by atoms with Gasteiger partial charge in [-0.25, -0.2) is 4.98 Å². The van der Waals surface area contributed by atoms with Gasteiger partial charge in [0.15, 0.2) is 0 Å². The second-order valence-corrected chi connectivity index (χ2v) is 6.59. The van der Waals surface area contributed by atoms with Crippen molar-refractivity contribution < 1.29 is 9.90 Å². The maximum absolute atomic E-state index is 12.9. The van der Waals surface area contributed by atoms with Crippen LogP contribution in [0.3, 0.4) is 0 Å². The van der Waals surface area contributed by atoms with Crippen LogP contribution in [0.5, 0.6) is 0 Å². The first-order valence-corrected chi connectivity index (χ1v) is 8.65. The summed E-state index contributed by atoms with van der Waals surface area (Å²) in [6, 6.07) is 0.315. The molecule has 1 fully saturated rings. The Morgan fingerprint density at radius 1 is 1.43 bits per heavy atom. The van der Waals surface area contributed by atoms with Crippen LogP contribution in [0.25, 0.3) is 0 Å². The lowest BCUT2D eigenvalue weighted by Crippen LogP contribution is -2.50. The predicted octanol–water partition coefficient (Wildman–Crippen LogP) is 1.69. The number of hydrogen-bond donors (Lipinski definition) is 2. The van der Waals surface area contributed by atoms with Gasteiger partial charge in [-0.1, -0.05) is 19.3 Å². The largest absolute Gasteiger partial charge is 0.395 e. The van der Waals surface area contributed by atoms with Crippen molar-refractivity contribution in [2.45, 2.75) is 64.6 Å². The average Bonchev–Trinajstić information content (AvgIpc) is 2.98. The van der Waals surface area contributed by atoms with Gasteiger partial charge in [-0.05, 0) is 33.7 Å². The van der Waals surface area contributed by atoms with Crippen molar-refractivity contribution in [1.82, 2.24) is 19.8 Å². The van der Waals surface area contributed by atoms with Gasteiger partial charge in [-0.15, -0.1) is 0 Å². The topological polar surface area (TPSA) is 72.5 Å². The number of imidazole rings is 1. The molecule has 1 amide bonds. The molecular weight excluding hydrogens is 292 g/mol. The number of aryl methyl sites for hydroxylation is 1. The van der Waals surface area contributed by atoms with Crippen molar-refractivity contribution in [2.24, 2.45) is 0 Å². The van der Waals surface area contributed by atoms with Crippen LogP contribution in [-0.4, -0.2) is 63.1 Å². The van der Waals surface area contributed by atoms with Crippen molar-refractivity contribution in [3.63, 3.8) is 0 Å². The number of amides is 1. The molecule has 0 saturated heterocycles. The Morgan fingerprint density at radius 2 is 2.13 bits per heavy atom. The highest BCUT2D eigenvalue weighted by Crippen LogP contribution is 2.23. The molecule has 1 heterocycles. The van der Waals surface area contributed by atoms with Crippen LogP contribution in [0.2, 0.25) is 0 Å². The van der Waals surface area contributed by atoms with Crippen molar-refractivity contribution in [3.05, 3.63) is 17.7 Å². The average molecular weight is 322 g/mol. The third kappa shape index (κ3) is 4.54. The van der Waals surface area contributed by atoms with Crippen LogP contribution in [0.1, 0.15) is 50.4 Å². The van der Waals surface area contributed by atoms with Gasteiger partial charge in [-0.2, -0.15) is 0 Å². The summed E-state index contributed by atoms with van der Waals surface area (Å²) in [6.45, 7) is 4.67. The zero-order valence-corrected chi connectivity index (χ0v) is 14.6. The smallest absolute Gasteiger partial charge is 0.240 e. The monoisotopic (exact) mass is 322 g/mol. The van der Waals surface area contributed by atoms with Gasteiger partial charge in [0.2, 0.25) is 5.91 Å². The summed E-state index contributed by atoms with van der Waals surface area (Å²) < 4.78 is 0. The molecule has 23 heavy (non-hydrogen) atoms. The number of carbonyl (C=O) groups excluding carboxylic acids is 1. The van der Waals surface area contributed by atoms with E-state index in [1.807, 2.05) is 13.8 Å². The molecule has 1 aromatic rings. The van der Waals surface area contributed by atoms with Crippen molar-refractivity contribution >= 4 is 5.91 Å². The first-order valence-electron chi connectivity index (χ1n) is 8.65. The normalized spacial score (nSPS) is 17.4. The summed E-state index contributed by atoms with van der Waals surface area (Å²) in [7, 11) is 2.05. The van der Waals surface area contributed by atoms with E-state index in [2.05, 4.69) is 21.9 Å². The zero-order valence-electron chi connectivity index (χ0n) is 14.6. The number of rotatable bonds is 7. The lowest BCUT2D eigenvalue weighted by Gasteiger charge is -2.37. The van der Waals surface area contributed by atoms with E-state index in [-0.39, 0.29) is 18.6 Å². The van der Waals surface area contributed by atoms with E-state index in [0.29, 0.717) is 19.1 Å². The number of likely N-dealkylation sites (N-methyl/N-ethyl adjacent to an activating group) is 1. The fraction of sp³-hybridized carbons (Fsp3) is 0.765. The molecule has 2 N–H and O–H groups in total. The Bertz CT molecular complexity index is 497. The number of aliphatic hydroxyl groups excluding tert-OH is 1. The molecule has 0 bridgehead atoms. The van der Waals surface area contributed by atoms with Crippen molar-refractivity contribution in [3.8, 4) is 0 Å². The molecule has 1 aliphatic carbocycles. The lowest BCUT2D eigenvalue weighted by atomic mass is 9.93. The van der Waals surface area contributed by atoms with Gasteiger partial charge in [0.1, 0.15) is 0 Å². The molecule has 1 aliphatic rings. The number of carbonyl (C=O) groups is 1. The molecule has 1 saturated carbocycles. The van der Waals surface area contributed by atoms with E-state index in [1.165, 1.54) is 32.1 Å². The van der Waals surface area contributed by atoms with Gasteiger partial charge in [0.05, 0.1) is 31.2 Å². The third-order valence-corrected chi connectivity index (χ3v) is 5.08. The number of nitrogens with one attached hydrogen (secondary N) is 1. The number of nitrogens with zero attached hydrogens (tertiary/aromatic N) is 3. The van der Waals surface area contributed by atoms with Crippen LogP contribution >= 0.6 is 0 Å². The van der Waals surface area contributed by atoms with E-state index in [1.54, 1.807) is 11.2 Å². The fourth-order valence-corrected chi connectivity index (χ4v) is 3.36. The van der Waals surface area contributed by atoms with Crippen molar-refractivity contribution in [1.29, 1.82) is 0 Å². The minimum Gasteiger partial charge on any atom is -0.395 e. The second-order valence-electron chi connectivity index (χ2n) is 6.59. The summed E-state index contributed by atoms with van der Waals surface area (Å²) in [5.41, 5.74) is 1.83. The van der Waals surface area contributed by atoms with Crippen LogP contribution in [0.15, 0.2) is 6.33 Å². The first-order chi connectivity index (χ1) is 11.0. The Hall–Kier alpha value is -1.40. The highest BCUT2D eigenvalue weighted by atomic mass is 16.3.